The van der Waals surface area contributed by atoms with Gasteiger partial charge >= 0.3 is 0 Å². The highest BCUT2D eigenvalue weighted by Crippen LogP contribution is 2.35. The molecule has 1 aromatic rings. The number of hydrogen-bond acceptors (Lipinski definition) is 2. The van der Waals surface area contributed by atoms with E-state index in [1.807, 2.05) is 6.07 Å². The first-order valence-electron chi connectivity index (χ1n) is 4.67. The molecule has 1 heterocycles. The smallest absolute Gasteiger partial charge is 0.140 e. The van der Waals surface area contributed by atoms with E-state index in [4.69, 9.17) is 4.42 Å². The molecule has 13 heavy (non-hydrogen) atoms. The van der Waals surface area contributed by atoms with Crippen molar-refractivity contribution < 1.29 is 9.52 Å². The molecule has 0 aliphatic heterocycles. The van der Waals surface area contributed by atoms with Gasteiger partial charge in [0.1, 0.15) is 11.4 Å². The minimum atomic E-state index is -0.903. The Hall–Kier alpha value is -1.02. The van der Waals surface area contributed by atoms with Gasteiger partial charge < -0.3 is 9.52 Å². The molecule has 0 saturated heterocycles. The van der Waals surface area contributed by atoms with Gasteiger partial charge in [-0.1, -0.05) is 6.08 Å². The Balaban J connectivity index is 2.30. The van der Waals surface area contributed by atoms with Crippen LogP contribution < -0.4 is 0 Å². The Kier molecular flexibility index (Phi) is 2.00. The first kappa shape index (κ1) is 8.57. The van der Waals surface area contributed by atoms with Gasteiger partial charge in [0.15, 0.2) is 0 Å². The van der Waals surface area contributed by atoms with Crippen LogP contribution in [0.5, 0.6) is 0 Å². The van der Waals surface area contributed by atoms with Crippen molar-refractivity contribution in [3.05, 3.63) is 35.8 Å². The molecule has 1 aliphatic rings. The normalized spacial score (nSPS) is 21.2. The van der Waals surface area contributed by atoms with Gasteiger partial charge in [0.05, 0.1) is 6.26 Å². The quantitative estimate of drug-likeness (QED) is 0.706. The average molecular weight is 178 g/mol. The van der Waals surface area contributed by atoms with Crippen LogP contribution in [0, 0.1) is 0 Å². The van der Waals surface area contributed by atoms with E-state index in [0.29, 0.717) is 5.76 Å². The Labute approximate surface area is 77.9 Å². The van der Waals surface area contributed by atoms with Crippen molar-refractivity contribution in [3.8, 4) is 0 Å². The lowest BCUT2D eigenvalue weighted by Gasteiger charge is -2.22. The van der Waals surface area contributed by atoms with Gasteiger partial charge in [-0.3, -0.25) is 0 Å². The van der Waals surface area contributed by atoms with Gasteiger partial charge in [-0.25, -0.2) is 0 Å². The fraction of sp³-hybridized carbons (Fsp3) is 0.455. The minimum Gasteiger partial charge on any atom is -0.466 e. The number of aliphatic hydroxyl groups is 1. The third-order valence-corrected chi connectivity index (χ3v) is 2.67. The van der Waals surface area contributed by atoms with E-state index in [0.717, 1.165) is 24.8 Å². The molecule has 1 aliphatic carbocycles. The number of rotatable bonds is 2. The lowest BCUT2D eigenvalue weighted by atomic mass is 9.93. The summed E-state index contributed by atoms with van der Waals surface area (Å²) in [4.78, 5) is 0. The maximum absolute atomic E-state index is 10.2. The van der Waals surface area contributed by atoms with Crippen LogP contribution in [0.4, 0.5) is 0 Å². The Morgan fingerprint density at radius 3 is 2.92 bits per heavy atom. The van der Waals surface area contributed by atoms with Gasteiger partial charge in [0, 0.05) is 0 Å². The third kappa shape index (κ3) is 1.42. The fourth-order valence-corrected chi connectivity index (χ4v) is 1.83. The first-order valence-corrected chi connectivity index (χ1v) is 4.67. The highest BCUT2D eigenvalue weighted by molar-refractivity contribution is 5.26. The van der Waals surface area contributed by atoms with Crippen molar-refractivity contribution in [2.24, 2.45) is 0 Å². The van der Waals surface area contributed by atoms with E-state index < -0.39 is 5.60 Å². The van der Waals surface area contributed by atoms with Gasteiger partial charge in [0.25, 0.3) is 0 Å². The van der Waals surface area contributed by atoms with E-state index >= 15 is 0 Å². The second kappa shape index (κ2) is 3.04. The lowest BCUT2D eigenvalue weighted by Crippen LogP contribution is -2.22. The van der Waals surface area contributed by atoms with Crippen LogP contribution in [-0.4, -0.2) is 5.11 Å². The fourth-order valence-electron chi connectivity index (χ4n) is 1.83. The molecule has 2 heteroatoms. The second-order valence-electron chi connectivity index (χ2n) is 3.67. The zero-order chi connectivity index (χ0) is 9.31. The second-order valence-corrected chi connectivity index (χ2v) is 3.67. The standard InChI is InChI=1S/C11H14O2/c1-11(12,9-5-2-3-6-9)10-7-4-8-13-10/h4-5,7-8,12H,2-3,6H2,1H3. The highest BCUT2D eigenvalue weighted by atomic mass is 16.4. The van der Waals surface area contributed by atoms with Crippen LogP contribution in [0.3, 0.4) is 0 Å². The number of allylic oxidation sites excluding steroid dienone is 1. The molecule has 1 N–H and O–H groups in total. The molecule has 70 valence electrons. The van der Waals surface area contributed by atoms with Crippen molar-refractivity contribution in [1.82, 2.24) is 0 Å². The van der Waals surface area contributed by atoms with Gasteiger partial charge in [-0.2, -0.15) is 0 Å². The zero-order valence-electron chi connectivity index (χ0n) is 7.79. The summed E-state index contributed by atoms with van der Waals surface area (Å²) in [6.45, 7) is 1.79. The number of hydrogen-bond donors (Lipinski definition) is 1. The molecule has 1 aromatic heterocycles. The lowest BCUT2D eigenvalue weighted by molar-refractivity contribution is 0.0699. The predicted octanol–water partition coefficient (Wildman–Crippen LogP) is 2.60. The zero-order valence-corrected chi connectivity index (χ0v) is 7.79. The van der Waals surface area contributed by atoms with Crippen molar-refractivity contribution in [1.29, 1.82) is 0 Å². The Morgan fingerprint density at radius 2 is 2.38 bits per heavy atom. The van der Waals surface area contributed by atoms with Crippen molar-refractivity contribution in [2.45, 2.75) is 31.8 Å². The van der Waals surface area contributed by atoms with Gasteiger partial charge in [0.2, 0.25) is 0 Å². The van der Waals surface area contributed by atoms with Crippen molar-refractivity contribution in [3.63, 3.8) is 0 Å². The van der Waals surface area contributed by atoms with E-state index in [2.05, 4.69) is 6.08 Å². The van der Waals surface area contributed by atoms with Crippen LogP contribution in [0.2, 0.25) is 0 Å². The first-order chi connectivity index (χ1) is 6.21. The molecule has 2 rings (SSSR count). The Morgan fingerprint density at radius 1 is 1.54 bits per heavy atom. The summed E-state index contributed by atoms with van der Waals surface area (Å²) in [5, 5.41) is 10.2. The maximum atomic E-state index is 10.2. The molecule has 2 nitrogen and oxygen atoms in total. The molecule has 0 saturated carbocycles. The largest absolute Gasteiger partial charge is 0.466 e. The molecular weight excluding hydrogens is 164 g/mol. The molecule has 1 atom stereocenters. The summed E-state index contributed by atoms with van der Waals surface area (Å²) in [6.07, 6.45) is 6.91. The van der Waals surface area contributed by atoms with Crippen LogP contribution >= 0.6 is 0 Å². The van der Waals surface area contributed by atoms with E-state index in [9.17, 15) is 5.11 Å². The van der Waals surface area contributed by atoms with E-state index in [-0.39, 0.29) is 0 Å². The highest BCUT2D eigenvalue weighted by Gasteiger charge is 2.31. The summed E-state index contributed by atoms with van der Waals surface area (Å²) in [7, 11) is 0. The maximum Gasteiger partial charge on any atom is 0.140 e. The minimum absolute atomic E-state index is 0.639. The molecule has 0 amide bonds. The topological polar surface area (TPSA) is 33.4 Å². The average Bonchev–Trinajstić information content (AvgIpc) is 2.78. The molecule has 0 spiro atoms. The van der Waals surface area contributed by atoms with Crippen LogP contribution in [0.1, 0.15) is 31.9 Å². The molecule has 0 aromatic carbocycles. The summed E-state index contributed by atoms with van der Waals surface area (Å²) >= 11 is 0. The van der Waals surface area contributed by atoms with Crippen molar-refractivity contribution >= 4 is 0 Å². The van der Waals surface area contributed by atoms with Crippen LogP contribution in [0.15, 0.2) is 34.5 Å². The monoisotopic (exact) mass is 178 g/mol. The van der Waals surface area contributed by atoms with E-state index in [1.54, 1.807) is 19.3 Å². The van der Waals surface area contributed by atoms with Crippen LogP contribution in [-0.2, 0) is 5.60 Å². The predicted molar refractivity (Wildman–Crippen MR) is 50.2 cm³/mol. The number of furan rings is 1. The summed E-state index contributed by atoms with van der Waals surface area (Å²) in [6, 6.07) is 3.62. The summed E-state index contributed by atoms with van der Waals surface area (Å²) < 4.78 is 5.22. The van der Waals surface area contributed by atoms with Crippen LogP contribution in [0.25, 0.3) is 0 Å². The molecule has 1 unspecified atom stereocenters. The summed E-state index contributed by atoms with van der Waals surface area (Å²) in [5.41, 5.74) is 0.183. The summed E-state index contributed by atoms with van der Waals surface area (Å²) in [5.74, 6) is 0.639. The molecule has 0 bridgehead atoms. The molecular formula is C11H14O2. The SMILES string of the molecule is CC(O)(C1=CCCC1)c1ccco1. The Bertz CT molecular complexity index is 307. The van der Waals surface area contributed by atoms with Crippen molar-refractivity contribution in [2.75, 3.05) is 0 Å². The third-order valence-electron chi connectivity index (χ3n) is 2.67. The molecule has 0 radical (unpaired) electrons. The van der Waals surface area contributed by atoms with Gasteiger partial charge in [-0.05, 0) is 43.9 Å². The van der Waals surface area contributed by atoms with Gasteiger partial charge in [-0.15, -0.1) is 0 Å². The molecule has 0 fully saturated rings. The van der Waals surface area contributed by atoms with E-state index in [1.165, 1.54) is 0 Å².